The van der Waals surface area contributed by atoms with Gasteiger partial charge in [-0.2, -0.15) is 0 Å². The molecule has 0 aliphatic carbocycles. The summed E-state index contributed by atoms with van der Waals surface area (Å²) >= 11 is 0. The molecule has 1 fully saturated rings. The predicted octanol–water partition coefficient (Wildman–Crippen LogP) is 4.52. The van der Waals surface area contributed by atoms with E-state index in [0.29, 0.717) is 24.6 Å². The summed E-state index contributed by atoms with van der Waals surface area (Å²) in [5.74, 6) is 0.237. The Balaban J connectivity index is 1.52. The maximum atomic E-state index is 13.6. The zero-order valence-corrected chi connectivity index (χ0v) is 16.1. The lowest BCUT2D eigenvalue weighted by molar-refractivity contribution is -0.118. The maximum Gasteiger partial charge on any atom is 0.226 e. The fourth-order valence-electron chi connectivity index (χ4n) is 3.77. The number of likely N-dealkylation sites (tertiary alicyclic amines) is 1. The second-order valence-corrected chi connectivity index (χ2v) is 7.36. The number of carbonyl (C=O) groups is 1. The van der Waals surface area contributed by atoms with Crippen LogP contribution in [0.4, 0.5) is 10.1 Å². The number of nitrogens with zero attached hydrogens (tertiary/aromatic N) is 2. The fourth-order valence-corrected chi connectivity index (χ4v) is 3.77. The van der Waals surface area contributed by atoms with E-state index in [9.17, 15) is 9.18 Å². The minimum absolute atomic E-state index is 0.0621. The molecule has 2 aromatic carbocycles. The summed E-state index contributed by atoms with van der Waals surface area (Å²) in [7, 11) is 0. The topological polar surface area (TPSA) is 23.6 Å². The van der Waals surface area contributed by atoms with Crippen LogP contribution in [0.5, 0.6) is 0 Å². The van der Waals surface area contributed by atoms with Crippen molar-refractivity contribution in [3.63, 3.8) is 0 Å². The van der Waals surface area contributed by atoms with Crippen molar-refractivity contribution in [1.82, 2.24) is 4.90 Å². The number of rotatable bonds is 7. The van der Waals surface area contributed by atoms with E-state index in [4.69, 9.17) is 0 Å². The van der Waals surface area contributed by atoms with Gasteiger partial charge in [-0.15, -0.1) is 0 Å². The summed E-state index contributed by atoms with van der Waals surface area (Å²) in [5.41, 5.74) is 2.05. The van der Waals surface area contributed by atoms with Crippen molar-refractivity contribution in [2.75, 3.05) is 31.1 Å². The quantitative estimate of drug-likeness (QED) is 0.717. The van der Waals surface area contributed by atoms with E-state index in [-0.39, 0.29) is 11.7 Å². The molecule has 4 heteroatoms. The monoisotopic (exact) mass is 368 g/mol. The molecular weight excluding hydrogens is 339 g/mol. The van der Waals surface area contributed by atoms with Crippen LogP contribution < -0.4 is 4.90 Å². The molecule has 1 saturated heterocycles. The molecule has 144 valence electrons. The third-order valence-electron chi connectivity index (χ3n) is 5.43. The number of amides is 1. The molecule has 0 atom stereocenters. The number of benzene rings is 2. The highest BCUT2D eigenvalue weighted by atomic mass is 19.1. The summed E-state index contributed by atoms with van der Waals surface area (Å²) in [6.07, 6.45) is 3.68. The average molecular weight is 368 g/mol. The molecule has 0 radical (unpaired) electrons. The highest BCUT2D eigenvalue weighted by molar-refractivity contribution is 5.93. The molecule has 0 spiro atoms. The smallest absolute Gasteiger partial charge is 0.226 e. The molecule has 3 rings (SSSR count). The van der Waals surface area contributed by atoms with Crippen LogP contribution >= 0.6 is 0 Å². The molecule has 0 bridgehead atoms. The van der Waals surface area contributed by atoms with Crippen LogP contribution in [0.25, 0.3) is 0 Å². The molecule has 1 aliphatic rings. The largest absolute Gasteiger partial charge is 0.312 e. The summed E-state index contributed by atoms with van der Waals surface area (Å²) < 4.78 is 13.6. The molecule has 1 amide bonds. The van der Waals surface area contributed by atoms with Crippen LogP contribution in [-0.2, 0) is 11.2 Å². The van der Waals surface area contributed by atoms with E-state index in [0.717, 1.165) is 38.9 Å². The molecule has 0 unspecified atom stereocenters. The van der Waals surface area contributed by atoms with Gasteiger partial charge in [0.1, 0.15) is 5.82 Å². The molecular formula is C23H29FN2O. The Bertz CT molecular complexity index is 726. The molecule has 0 N–H and O–H groups in total. The number of piperidine rings is 1. The summed E-state index contributed by atoms with van der Waals surface area (Å²) in [6, 6.07) is 17.0. The molecule has 0 aromatic heterocycles. The summed E-state index contributed by atoms with van der Waals surface area (Å²) in [4.78, 5) is 16.7. The molecule has 0 saturated carbocycles. The van der Waals surface area contributed by atoms with E-state index in [1.165, 1.54) is 17.7 Å². The highest BCUT2D eigenvalue weighted by Gasteiger charge is 2.24. The van der Waals surface area contributed by atoms with E-state index >= 15 is 0 Å². The van der Waals surface area contributed by atoms with Crippen molar-refractivity contribution in [3.8, 4) is 0 Å². The van der Waals surface area contributed by atoms with Gasteiger partial charge in [-0.3, -0.25) is 4.79 Å². The number of anilines is 1. The highest BCUT2D eigenvalue weighted by Crippen LogP contribution is 2.23. The van der Waals surface area contributed by atoms with Gasteiger partial charge in [-0.25, -0.2) is 4.39 Å². The fraction of sp³-hybridized carbons (Fsp3) is 0.435. The van der Waals surface area contributed by atoms with Gasteiger partial charge in [-0.1, -0.05) is 43.3 Å². The van der Waals surface area contributed by atoms with E-state index in [1.807, 2.05) is 13.0 Å². The Morgan fingerprint density at radius 2 is 1.85 bits per heavy atom. The van der Waals surface area contributed by atoms with Gasteiger partial charge in [0.15, 0.2) is 0 Å². The number of hydrogen-bond donors (Lipinski definition) is 0. The average Bonchev–Trinajstić information content (AvgIpc) is 2.71. The molecule has 3 nitrogen and oxygen atoms in total. The lowest BCUT2D eigenvalue weighted by Gasteiger charge is -2.35. The Morgan fingerprint density at radius 1 is 1.11 bits per heavy atom. The van der Waals surface area contributed by atoms with Crippen molar-refractivity contribution in [2.24, 2.45) is 5.92 Å². The number of carbonyl (C=O) groups excluding carboxylic acids is 1. The number of hydrogen-bond acceptors (Lipinski definition) is 2. The van der Waals surface area contributed by atoms with Crippen molar-refractivity contribution in [2.45, 2.75) is 32.6 Å². The third kappa shape index (κ3) is 5.64. The lowest BCUT2D eigenvalue weighted by atomic mass is 9.95. The summed E-state index contributed by atoms with van der Waals surface area (Å²) in [5, 5.41) is 0. The second-order valence-electron chi connectivity index (χ2n) is 7.36. The predicted molar refractivity (Wildman–Crippen MR) is 108 cm³/mol. The van der Waals surface area contributed by atoms with Crippen LogP contribution in [0.15, 0.2) is 54.6 Å². The second kappa shape index (κ2) is 9.65. The third-order valence-corrected chi connectivity index (χ3v) is 5.43. The molecule has 1 aliphatic heterocycles. The van der Waals surface area contributed by atoms with Crippen LogP contribution in [-0.4, -0.2) is 37.0 Å². The van der Waals surface area contributed by atoms with Crippen molar-refractivity contribution in [1.29, 1.82) is 0 Å². The normalized spacial score (nSPS) is 15.6. The van der Waals surface area contributed by atoms with Crippen LogP contribution in [0.1, 0.15) is 31.7 Å². The molecule has 27 heavy (non-hydrogen) atoms. The van der Waals surface area contributed by atoms with Gasteiger partial charge < -0.3 is 9.80 Å². The van der Waals surface area contributed by atoms with E-state index in [1.54, 1.807) is 11.0 Å². The van der Waals surface area contributed by atoms with Crippen LogP contribution in [0, 0.1) is 11.7 Å². The SMILES string of the molecule is CCC(=O)N(CC1CCN(CCc2ccccc2)CC1)c1cccc(F)c1. The summed E-state index contributed by atoms with van der Waals surface area (Å²) in [6.45, 7) is 5.76. The first-order valence-corrected chi connectivity index (χ1v) is 9.98. The molecule has 1 heterocycles. The van der Waals surface area contributed by atoms with E-state index in [2.05, 4.69) is 35.2 Å². The minimum atomic E-state index is -0.294. The first-order valence-electron chi connectivity index (χ1n) is 9.98. The maximum absolute atomic E-state index is 13.6. The van der Waals surface area contributed by atoms with Crippen molar-refractivity contribution < 1.29 is 9.18 Å². The Labute approximate surface area is 161 Å². The number of halogens is 1. The van der Waals surface area contributed by atoms with Crippen LogP contribution in [0.3, 0.4) is 0 Å². The lowest BCUT2D eigenvalue weighted by Crippen LogP contribution is -2.41. The van der Waals surface area contributed by atoms with Gasteiger partial charge in [0.05, 0.1) is 0 Å². The standard InChI is InChI=1S/C23H29FN2O/c1-2-23(27)26(22-10-6-9-21(24)17-22)18-20-12-15-25(16-13-20)14-11-19-7-4-3-5-8-19/h3-10,17,20H,2,11-16,18H2,1H3. The van der Waals surface area contributed by atoms with Crippen molar-refractivity contribution in [3.05, 3.63) is 66.0 Å². The van der Waals surface area contributed by atoms with Gasteiger partial charge in [-0.05, 0) is 62.0 Å². The first kappa shape index (κ1) is 19.6. The van der Waals surface area contributed by atoms with Gasteiger partial charge >= 0.3 is 0 Å². The van der Waals surface area contributed by atoms with E-state index < -0.39 is 0 Å². The van der Waals surface area contributed by atoms with Gasteiger partial charge in [0, 0.05) is 25.2 Å². The van der Waals surface area contributed by atoms with Gasteiger partial charge in [0.2, 0.25) is 5.91 Å². The minimum Gasteiger partial charge on any atom is -0.312 e. The van der Waals surface area contributed by atoms with Gasteiger partial charge in [0.25, 0.3) is 0 Å². The van der Waals surface area contributed by atoms with Crippen LogP contribution in [0.2, 0.25) is 0 Å². The Hall–Kier alpha value is -2.20. The Kier molecular flexibility index (Phi) is 6.99. The molecule has 2 aromatic rings. The zero-order chi connectivity index (χ0) is 19.1. The first-order chi connectivity index (χ1) is 13.2. The zero-order valence-electron chi connectivity index (χ0n) is 16.1. The van der Waals surface area contributed by atoms with Crippen molar-refractivity contribution >= 4 is 11.6 Å². The Morgan fingerprint density at radius 3 is 2.52 bits per heavy atom.